The first-order valence-corrected chi connectivity index (χ1v) is 10.9. The lowest BCUT2D eigenvalue weighted by Gasteiger charge is -2.23. The summed E-state index contributed by atoms with van der Waals surface area (Å²) in [6.45, 7) is -0.878. The van der Waals surface area contributed by atoms with Crippen molar-refractivity contribution >= 4 is 47.3 Å². The second-order valence-electron chi connectivity index (χ2n) is 6.77. The van der Waals surface area contributed by atoms with Gasteiger partial charge in [-0.25, -0.2) is 4.79 Å². The molecule has 0 aromatic heterocycles. The van der Waals surface area contributed by atoms with Gasteiger partial charge >= 0.3 is 5.97 Å². The molecule has 4 atom stereocenters. The number of carbonyl (C=O) groups excluding carboxylic acids is 5. The van der Waals surface area contributed by atoms with Gasteiger partial charge in [-0.2, -0.15) is 11.8 Å². The lowest BCUT2D eigenvalue weighted by molar-refractivity contribution is -0.142. The number of aliphatic hydroxyl groups is 1. The molecule has 0 aliphatic carbocycles. The number of aliphatic hydroxyl groups excluding tert-OH is 1. The van der Waals surface area contributed by atoms with Crippen molar-refractivity contribution in [3.63, 3.8) is 0 Å². The number of carbonyl (C=O) groups is 6. The molecule has 4 unspecified atom stereocenters. The molecular formula is C17H30N6O8S. The van der Waals surface area contributed by atoms with Gasteiger partial charge in [0.1, 0.15) is 18.1 Å². The molecular weight excluding hydrogens is 448 g/mol. The molecule has 0 saturated heterocycles. The molecule has 0 fully saturated rings. The van der Waals surface area contributed by atoms with Crippen molar-refractivity contribution in [1.29, 1.82) is 0 Å². The molecule has 182 valence electrons. The van der Waals surface area contributed by atoms with E-state index in [1.54, 1.807) is 6.26 Å². The van der Waals surface area contributed by atoms with Gasteiger partial charge in [0.2, 0.25) is 29.5 Å². The molecule has 0 heterocycles. The Morgan fingerprint density at radius 3 is 1.84 bits per heavy atom. The summed E-state index contributed by atoms with van der Waals surface area (Å²) in [6, 6.07) is -5.55. The zero-order valence-corrected chi connectivity index (χ0v) is 18.4. The highest BCUT2D eigenvalue weighted by atomic mass is 32.2. The van der Waals surface area contributed by atoms with Crippen molar-refractivity contribution in [1.82, 2.24) is 16.0 Å². The summed E-state index contributed by atoms with van der Waals surface area (Å²) in [4.78, 5) is 70.4. The molecule has 0 saturated carbocycles. The Morgan fingerprint density at radius 1 is 0.844 bits per heavy atom. The van der Waals surface area contributed by atoms with E-state index in [0.29, 0.717) is 5.75 Å². The zero-order valence-electron chi connectivity index (χ0n) is 17.5. The molecule has 0 aliphatic rings. The average Bonchev–Trinajstić information content (AvgIpc) is 2.71. The normalized spacial score (nSPS) is 14.3. The number of carboxylic acids is 1. The van der Waals surface area contributed by atoms with Crippen LogP contribution in [-0.2, 0) is 28.8 Å². The van der Waals surface area contributed by atoms with Crippen LogP contribution < -0.4 is 33.2 Å². The van der Waals surface area contributed by atoms with E-state index in [0.717, 1.165) is 0 Å². The predicted octanol–water partition coefficient (Wildman–Crippen LogP) is -4.26. The van der Waals surface area contributed by atoms with Gasteiger partial charge in [-0.15, -0.1) is 0 Å². The number of nitrogens with two attached hydrogens (primary N) is 3. The maximum absolute atomic E-state index is 12.5. The van der Waals surface area contributed by atoms with Gasteiger partial charge in [0.15, 0.2) is 0 Å². The Kier molecular flexibility index (Phi) is 13.6. The van der Waals surface area contributed by atoms with Crippen molar-refractivity contribution in [3.8, 4) is 0 Å². The smallest absolute Gasteiger partial charge is 0.326 e. The van der Waals surface area contributed by atoms with Crippen molar-refractivity contribution in [2.24, 2.45) is 17.2 Å². The number of thioether (sulfide) groups is 1. The lowest BCUT2D eigenvalue weighted by Crippen LogP contribution is -2.58. The molecule has 5 amide bonds. The minimum atomic E-state index is -1.55. The van der Waals surface area contributed by atoms with Crippen molar-refractivity contribution < 1.29 is 39.0 Å². The molecule has 32 heavy (non-hydrogen) atoms. The largest absolute Gasteiger partial charge is 0.480 e. The van der Waals surface area contributed by atoms with E-state index in [1.807, 2.05) is 0 Å². The van der Waals surface area contributed by atoms with Gasteiger partial charge in [-0.3, -0.25) is 24.0 Å². The molecule has 0 aromatic carbocycles. The average molecular weight is 479 g/mol. The number of primary amides is 2. The van der Waals surface area contributed by atoms with E-state index in [2.05, 4.69) is 16.0 Å². The maximum atomic E-state index is 12.5. The fourth-order valence-corrected chi connectivity index (χ4v) is 2.82. The number of carboxylic acid groups (broad SMARTS) is 1. The molecule has 11 N–H and O–H groups in total. The first-order valence-electron chi connectivity index (χ1n) is 9.48. The Hall–Kier alpha value is -2.91. The fourth-order valence-electron chi connectivity index (χ4n) is 2.35. The van der Waals surface area contributed by atoms with Crippen LogP contribution in [-0.4, -0.2) is 88.5 Å². The first-order chi connectivity index (χ1) is 14.9. The first kappa shape index (κ1) is 29.1. The summed E-state index contributed by atoms with van der Waals surface area (Å²) >= 11 is 1.36. The maximum Gasteiger partial charge on any atom is 0.326 e. The van der Waals surface area contributed by atoms with Crippen LogP contribution in [0, 0.1) is 0 Å². The van der Waals surface area contributed by atoms with E-state index in [1.165, 1.54) is 11.8 Å². The number of amides is 5. The van der Waals surface area contributed by atoms with Crippen LogP contribution in [0.1, 0.15) is 25.7 Å². The topological polar surface area (TPSA) is 257 Å². The van der Waals surface area contributed by atoms with Gasteiger partial charge < -0.3 is 43.4 Å². The minimum absolute atomic E-state index is 0.0952. The minimum Gasteiger partial charge on any atom is -0.480 e. The monoisotopic (exact) mass is 478 g/mol. The van der Waals surface area contributed by atoms with Crippen molar-refractivity contribution in [2.45, 2.75) is 49.9 Å². The number of aliphatic carboxylic acids is 1. The van der Waals surface area contributed by atoms with Gasteiger partial charge in [-0.05, 0) is 24.9 Å². The molecule has 0 aliphatic heterocycles. The highest BCUT2D eigenvalue weighted by Crippen LogP contribution is 2.03. The highest BCUT2D eigenvalue weighted by Gasteiger charge is 2.31. The molecule has 15 heteroatoms. The Labute approximate surface area is 188 Å². The van der Waals surface area contributed by atoms with Gasteiger partial charge in [0.25, 0.3) is 0 Å². The van der Waals surface area contributed by atoms with Gasteiger partial charge in [-0.1, -0.05) is 0 Å². The number of hydrogen-bond donors (Lipinski definition) is 8. The molecule has 0 aromatic rings. The van der Waals surface area contributed by atoms with E-state index in [-0.39, 0.29) is 19.3 Å². The van der Waals surface area contributed by atoms with E-state index in [4.69, 9.17) is 17.2 Å². The second kappa shape index (κ2) is 15.0. The van der Waals surface area contributed by atoms with Crippen molar-refractivity contribution in [2.75, 3.05) is 18.6 Å². The summed E-state index contributed by atoms with van der Waals surface area (Å²) < 4.78 is 0. The van der Waals surface area contributed by atoms with Crippen LogP contribution in [0.25, 0.3) is 0 Å². The summed E-state index contributed by atoms with van der Waals surface area (Å²) in [6.07, 6.45) is 0.918. The SMILES string of the molecule is CSCCC(NC(=O)C(CC(N)=O)NC(=O)C(CO)NC(=O)C(N)CCC(N)=O)C(=O)O. The summed E-state index contributed by atoms with van der Waals surface area (Å²) in [7, 11) is 0. The van der Waals surface area contributed by atoms with E-state index >= 15 is 0 Å². The van der Waals surface area contributed by atoms with Crippen LogP contribution in [0.4, 0.5) is 0 Å². The van der Waals surface area contributed by atoms with Crippen LogP contribution >= 0.6 is 11.8 Å². The van der Waals surface area contributed by atoms with Gasteiger partial charge in [0, 0.05) is 6.42 Å². The van der Waals surface area contributed by atoms with Gasteiger partial charge in [0.05, 0.1) is 19.1 Å². The third-order valence-electron chi connectivity index (χ3n) is 4.12. The second-order valence-corrected chi connectivity index (χ2v) is 7.75. The predicted molar refractivity (Wildman–Crippen MR) is 114 cm³/mol. The number of hydrogen-bond acceptors (Lipinski definition) is 9. The summed E-state index contributed by atoms with van der Waals surface area (Å²) in [5.41, 5.74) is 15.7. The summed E-state index contributed by atoms with van der Waals surface area (Å²) in [5, 5.41) is 25.2. The zero-order chi connectivity index (χ0) is 24.8. The van der Waals surface area contributed by atoms with Crippen LogP contribution in [0.15, 0.2) is 0 Å². The molecule has 0 radical (unpaired) electrons. The molecule has 14 nitrogen and oxygen atoms in total. The lowest BCUT2D eigenvalue weighted by atomic mass is 10.1. The molecule has 0 bridgehead atoms. The Bertz CT molecular complexity index is 707. The standard InChI is InChI=1S/C17H30N6O8S/c1-32-5-4-9(17(30)31)21-15(28)10(6-13(20)26)22-16(29)11(7-24)23-14(27)8(18)2-3-12(19)25/h8-11,24H,2-7,18H2,1H3,(H2,19,25)(H2,20,26)(H,21,28)(H,22,29)(H,23,27)(H,30,31). The quantitative estimate of drug-likeness (QED) is 0.106. The van der Waals surface area contributed by atoms with Crippen LogP contribution in [0.5, 0.6) is 0 Å². The Morgan fingerprint density at radius 2 is 1.38 bits per heavy atom. The van der Waals surface area contributed by atoms with E-state index < -0.39 is 72.7 Å². The molecule has 0 rings (SSSR count). The third kappa shape index (κ3) is 11.5. The highest BCUT2D eigenvalue weighted by molar-refractivity contribution is 7.98. The summed E-state index contributed by atoms with van der Waals surface area (Å²) in [5.74, 6) is -5.39. The third-order valence-corrected chi connectivity index (χ3v) is 4.76. The van der Waals surface area contributed by atoms with Crippen molar-refractivity contribution in [3.05, 3.63) is 0 Å². The molecule has 0 spiro atoms. The van der Waals surface area contributed by atoms with Crippen LogP contribution in [0.2, 0.25) is 0 Å². The fraction of sp³-hybridized carbons (Fsp3) is 0.647. The van der Waals surface area contributed by atoms with Crippen LogP contribution in [0.3, 0.4) is 0 Å². The van der Waals surface area contributed by atoms with E-state index in [9.17, 15) is 39.0 Å². The number of nitrogens with one attached hydrogen (secondary N) is 3. The number of rotatable bonds is 16. The Balaban J connectivity index is 5.21.